The Labute approximate surface area is 180 Å². The summed E-state index contributed by atoms with van der Waals surface area (Å²) in [4.78, 5) is 2.74. The molecule has 2 bridgehead atoms. The Morgan fingerprint density at radius 3 is 1.70 bits per heavy atom. The molecule has 2 heterocycles. The van der Waals surface area contributed by atoms with E-state index in [9.17, 15) is 5.11 Å². The van der Waals surface area contributed by atoms with E-state index in [1.807, 2.05) is 18.2 Å². The number of rotatable bonds is 4. The van der Waals surface area contributed by atoms with Gasteiger partial charge in [0.2, 0.25) is 0 Å². The zero-order chi connectivity index (χ0) is 20.7. The summed E-state index contributed by atoms with van der Waals surface area (Å²) >= 11 is 0. The SMILES string of the molecule is Cc1ccccc1C(c1ccccc1C)N1[C@@H]2CC[C@H]1CC(O)(c1ccccc1)C2. The molecule has 2 fully saturated rings. The van der Waals surface area contributed by atoms with Crippen LogP contribution in [0.15, 0.2) is 78.9 Å². The highest BCUT2D eigenvalue weighted by atomic mass is 16.3. The standard InChI is InChI=1S/C28H31NO/c1-20-10-6-8-14-25(20)27(26-15-9-7-11-21(26)2)29-23-16-17-24(29)19-28(30,18-23)22-12-4-3-5-13-22/h3-15,23-24,27,30H,16-19H2,1-2H3/t23-,24+,28?. The molecule has 0 aliphatic carbocycles. The summed E-state index contributed by atoms with van der Waals surface area (Å²) in [7, 11) is 0. The molecule has 2 aliphatic rings. The average Bonchev–Trinajstić information content (AvgIpc) is 3.02. The highest BCUT2D eigenvalue weighted by molar-refractivity contribution is 5.41. The Morgan fingerprint density at radius 1 is 0.733 bits per heavy atom. The number of piperidine rings is 1. The van der Waals surface area contributed by atoms with E-state index in [0.29, 0.717) is 12.1 Å². The number of hydrogen-bond acceptors (Lipinski definition) is 2. The molecule has 0 spiro atoms. The third kappa shape index (κ3) is 3.29. The van der Waals surface area contributed by atoms with E-state index in [0.717, 1.165) is 31.2 Å². The third-order valence-electron chi connectivity index (χ3n) is 7.40. The zero-order valence-corrected chi connectivity index (χ0v) is 18.0. The van der Waals surface area contributed by atoms with E-state index >= 15 is 0 Å². The maximum Gasteiger partial charge on any atom is 0.0926 e. The van der Waals surface area contributed by atoms with Gasteiger partial charge in [-0.25, -0.2) is 0 Å². The van der Waals surface area contributed by atoms with Crippen molar-refractivity contribution in [1.29, 1.82) is 0 Å². The number of benzene rings is 3. The lowest BCUT2D eigenvalue weighted by atomic mass is 9.78. The first kappa shape index (κ1) is 19.5. The summed E-state index contributed by atoms with van der Waals surface area (Å²) in [6.07, 6.45) is 3.94. The second-order valence-electron chi connectivity index (χ2n) is 9.25. The fourth-order valence-electron chi connectivity index (χ4n) is 5.94. The van der Waals surface area contributed by atoms with Gasteiger partial charge >= 0.3 is 0 Å². The molecule has 0 radical (unpaired) electrons. The van der Waals surface area contributed by atoms with Gasteiger partial charge in [0.15, 0.2) is 0 Å². The number of hydrogen-bond donors (Lipinski definition) is 1. The molecule has 3 aromatic rings. The number of aryl methyl sites for hydroxylation is 2. The fourth-order valence-corrected chi connectivity index (χ4v) is 5.94. The van der Waals surface area contributed by atoms with Crippen LogP contribution < -0.4 is 0 Å². The molecule has 0 aromatic heterocycles. The van der Waals surface area contributed by atoms with Crippen LogP contribution in [0.5, 0.6) is 0 Å². The van der Waals surface area contributed by atoms with Crippen molar-refractivity contribution in [3.8, 4) is 0 Å². The van der Waals surface area contributed by atoms with E-state index in [-0.39, 0.29) is 6.04 Å². The Hall–Kier alpha value is -2.42. The number of fused-ring (bicyclic) bond motifs is 2. The normalized spacial score (nSPS) is 26.3. The van der Waals surface area contributed by atoms with Crippen LogP contribution >= 0.6 is 0 Å². The van der Waals surface area contributed by atoms with Crippen LogP contribution in [0.2, 0.25) is 0 Å². The summed E-state index contributed by atoms with van der Waals surface area (Å²) in [6.45, 7) is 4.46. The van der Waals surface area contributed by atoms with Gasteiger partial charge in [0, 0.05) is 12.1 Å². The van der Waals surface area contributed by atoms with Crippen LogP contribution in [0.25, 0.3) is 0 Å². The minimum absolute atomic E-state index is 0.241. The van der Waals surface area contributed by atoms with E-state index < -0.39 is 5.60 Å². The molecule has 2 aliphatic heterocycles. The molecular formula is C28H31NO. The van der Waals surface area contributed by atoms with Crippen molar-refractivity contribution in [3.05, 3.63) is 107 Å². The topological polar surface area (TPSA) is 23.5 Å². The maximum atomic E-state index is 11.6. The molecule has 30 heavy (non-hydrogen) atoms. The largest absolute Gasteiger partial charge is 0.385 e. The van der Waals surface area contributed by atoms with Gasteiger partial charge in [-0.15, -0.1) is 0 Å². The molecule has 0 amide bonds. The molecule has 5 rings (SSSR count). The third-order valence-corrected chi connectivity index (χ3v) is 7.40. The Bertz CT molecular complexity index is 968. The van der Waals surface area contributed by atoms with Crippen molar-refractivity contribution in [2.75, 3.05) is 0 Å². The Kier molecular flexibility index (Phi) is 5.00. The number of nitrogens with zero attached hydrogens (tertiary/aromatic N) is 1. The van der Waals surface area contributed by atoms with Gasteiger partial charge in [-0.2, -0.15) is 0 Å². The molecule has 2 saturated heterocycles. The Morgan fingerprint density at radius 2 is 1.20 bits per heavy atom. The van der Waals surface area contributed by atoms with Crippen LogP contribution in [-0.2, 0) is 5.60 Å². The van der Waals surface area contributed by atoms with E-state index in [4.69, 9.17) is 0 Å². The predicted octanol–water partition coefficient (Wildman–Crippen LogP) is 5.91. The van der Waals surface area contributed by atoms with Gasteiger partial charge in [0.25, 0.3) is 0 Å². The van der Waals surface area contributed by atoms with E-state index in [2.05, 4.69) is 79.4 Å². The molecule has 3 aromatic carbocycles. The van der Waals surface area contributed by atoms with Crippen molar-refractivity contribution < 1.29 is 5.11 Å². The quantitative estimate of drug-likeness (QED) is 0.592. The first-order valence-corrected chi connectivity index (χ1v) is 11.2. The zero-order valence-electron chi connectivity index (χ0n) is 18.0. The summed E-state index contributed by atoms with van der Waals surface area (Å²) < 4.78 is 0. The minimum Gasteiger partial charge on any atom is -0.385 e. The van der Waals surface area contributed by atoms with Gasteiger partial charge in [-0.3, -0.25) is 4.90 Å². The molecule has 2 nitrogen and oxygen atoms in total. The average molecular weight is 398 g/mol. The van der Waals surface area contributed by atoms with Crippen molar-refractivity contribution in [1.82, 2.24) is 4.90 Å². The highest BCUT2D eigenvalue weighted by Crippen LogP contribution is 2.50. The van der Waals surface area contributed by atoms with Crippen LogP contribution in [0.4, 0.5) is 0 Å². The molecule has 1 N–H and O–H groups in total. The van der Waals surface area contributed by atoms with Crippen molar-refractivity contribution in [2.45, 2.75) is 63.3 Å². The first-order chi connectivity index (χ1) is 14.6. The predicted molar refractivity (Wildman–Crippen MR) is 122 cm³/mol. The molecule has 2 heteroatoms. The fraction of sp³-hybridized carbons (Fsp3) is 0.357. The Balaban J connectivity index is 1.57. The summed E-state index contributed by atoms with van der Waals surface area (Å²) in [5.74, 6) is 0. The van der Waals surface area contributed by atoms with Crippen molar-refractivity contribution in [2.24, 2.45) is 0 Å². The molecular weight excluding hydrogens is 366 g/mol. The second kappa shape index (κ2) is 7.68. The maximum absolute atomic E-state index is 11.6. The highest BCUT2D eigenvalue weighted by Gasteiger charge is 2.50. The van der Waals surface area contributed by atoms with Gasteiger partial charge < -0.3 is 5.11 Å². The summed E-state index contributed by atoms with van der Waals surface area (Å²) in [5, 5.41) is 11.6. The van der Waals surface area contributed by atoms with Crippen LogP contribution in [0.3, 0.4) is 0 Å². The lowest BCUT2D eigenvalue weighted by Crippen LogP contribution is -2.51. The monoisotopic (exact) mass is 397 g/mol. The van der Waals surface area contributed by atoms with E-state index in [1.165, 1.54) is 22.3 Å². The van der Waals surface area contributed by atoms with Crippen LogP contribution in [0, 0.1) is 13.8 Å². The molecule has 154 valence electrons. The van der Waals surface area contributed by atoms with Crippen LogP contribution in [0.1, 0.15) is 59.5 Å². The van der Waals surface area contributed by atoms with Crippen LogP contribution in [-0.4, -0.2) is 22.1 Å². The minimum atomic E-state index is -0.717. The van der Waals surface area contributed by atoms with Crippen molar-refractivity contribution >= 4 is 0 Å². The van der Waals surface area contributed by atoms with E-state index in [1.54, 1.807) is 0 Å². The molecule has 0 saturated carbocycles. The smallest absolute Gasteiger partial charge is 0.0926 e. The summed E-state index contributed by atoms with van der Waals surface area (Å²) in [5.41, 5.74) is 5.83. The van der Waals surface area contributed by atoms with Crippen molar-refractivity contribution in [3.63, 3.8) is 0 Å². The number of aliphatic hydroxyl groups is 1. The summed E-state index contributed by atoms with van der Waals surface area (Å²) in [6, 6.07) is 29.0. The lowest BCUT2D eigenvalue weighted by Gasteiger charge is -2.48. The van der Waals surface area contributed by atoms with Gasteiger partial charge in [-0.05, 0) is 67.3 Å². The first-order valence-electron chi connectivity index (χ1n) is 11.2. The van der Waals surface area contributed by atoms with Gasteiger partial charge in [-0.1, -0.05) is 78.9 Å². The second-order valence-corrected chi connectivity index (χ2v) is 9.25. The molecule has 1 unspecified atom stereocenters. The molecule has 3 atom stereocenters. The van der Waals surface area contributed by atoms with Gasteiger partial charge in [0.1, 0.15) is 0 Å². The lowest BCUT2D eigenvalue weighted by molar-refractivity contribution is -0.0658. The van der Waals surface area contributed by atoms with Gasteiger partial charge in [0.05, 0.1) is 11.6 Å².